The third kappa shape index (κ3) is 4.16. The number of hydrogen-bond donors (Lipinski definition) is 1. The van der Waals surface area contributed by atoms with Gasteiger partial charge in [0.05, 0.1) is 16.6 Å². The summed E-state index contributed by atoms with van der Waals surface area (Å²) in [5, 5.41) is 12.1. The molecule has 1 aromatic carbocycles. The van der Waals surface area contributed by atoms with Crippen molar-refractivity contribution in [1.82, 2.24) is 15.1 Å². The lowest BCUT2D eigenvalue weighted by Gasteiger charge is -2.34. The van der Waals surface area contributed by atoms with Gasteiger partial charge in [-0.3, -0.25) is 4.79 Å². The zero-order valence-electron chi connectivity index (χ0n) is 15.2. The molecule has 3 heterocycles. The molecular formula is C20H24ClN5O. The van der Waals surface area contributed by atoms with Crippen LogP contribution in [-0.2, 0) is 4.79 Å². The first kappa shape index (κ1) is 18.0. The van der Waals surface area contributed by atoms with E-state index in [-0.39, 0.29) is 11.8 Å². The lowest BCUT2D eigenvalue weighted by molar-refractivity contribution is -0.135. The van der Waals surface area contributed by atoms with E-state index >= 15 is 0 Å². The second-order valence-electron chi connectivity index (χ2n) is 7.24. The molecule has 0 spiro atoms. The molecule has 1 unspecified atom stereocenters. The lowest BCUT2D eigenvalue weighted by atomic mass is 10.0. The summed E-state index contributed by atoms with van der Waals surface area (Å²) < 4.78 is 0. The molecule has 0 bridgehead atoms. The van der Waals surface area contributed by atoms with E-state index in [9.17, 15) is 4.79 Å². The van der Waals surface area contributed by atoms with Gasteiger partial charge in [-0.1, -0.05) is 23.7 Å². The Morgan fingerprint density at radius 3 is 2.63 bits per heavy atom. The molecule has 1 N–H and O–H groups in total. The van der Waals surface area contributed by atoms with E-state index in [0.717, 1.165) is 62.0 Å². The number of hydrogen-bond acceptors (Lipinski definition) is 5. The molecule has 2 aliphatic heterocycles. The number of anilines is 2. The number of nitrogens with one attached hydrogen (secondary N) is 1. The second-order valence-corrected chi connectivity index (χ2v) is 7.64. The molecule has 0 radical (unpaired) electrons. The SMILES string of the molecule is O=C(C1CCN(c2ccccc2Cl)C1)N1CCC(Nc2cccnn2)CC1. The van der Waals surface area contributed by atoms with Crippen molar-refractivity contribution in [3.05, 3.63) is 47.6 Å². The normalized spacial score (nSPS) is 20.7. The maximum atomic E-state index is 13.0. The first-order chi connectivity index (χ1) is 13.2. The van der Waals surface area contributed by atoms with E-state index in [1.807, 2.05) is 41.3 Å². The van der Waals surface area contributed by atoms with Crippen molar-refractivity contribution in [3.63, 3.8) is 0 Å². The third-order valence-corrected chi connectivity index (χ3v) is 5.78. The number of para-hydroxylation sites is 1. The fraction of sp³-hybridized carbons (Fsp3) is 0.450. The van der Waals surface area contributed by atoms with Crippen molar-refractivity contribution < 1.29 is 4.79 Å². The Morgan fingerprint density at radius 2 is 1.89 bits per heavy atom. The van der Waals surface area contributed by atoms with Crippen molar-refractivity contribution in [2.75, 3.05) is 36.4 Å². The molecule has 4 rings (SSSR count). The van der Waals surface area contributed by atoms with Crippen LogP contribution in [0.1, 0.15) is 19.3 Å². The molecule has 0 aliphatic carbocycles. The number of benzene rings is 1. The monoisotopic (exact) mass is 385 g/mol. The summed E-state index contributed by atoms with van der Waals surface area (Å²) in [6.07, 6.45) is 4.42. The number of rotatable bonds is 4. The highest BCUT2D eigenvalue weighted by Gasteiger charge is 2.33. The molecule has 7 heteroatoms. The Balaban J connectivity index is 1.29. The quantitative estimate of drug-likeness (QED) is 0.876. The van der Waals surface area contributed by atoms with Gasteiger partial charge in [0.2, 0.25) is 5.91 Å². The number of likely N-dealkylation sites (tertiary alicyclic amines) is 1. The number of carbonyl (C=O) groups is 1. The molecule has 27 heavy (non-hydrogen) atoms. The molecule has 1 atom stereocenters. The molecule has 2 fully saturated rings. The predicted molar refractivity (Wildman–Crippen MR) is 107 cm³/mol. The molecule has 2 saturated heterocycles. The van der Waals surface area contributed by atoms with Crippen LogP contribution < -0.4 is 10.2 Å². The molecule has 0 saturated carbocycles. The summed E-state index contributed by atoms with van der Waals surface area (Å²) in [5.41, 5.74) is 1.03. The van der Waals surface area contributed by atoms with Crippen LogP contribution in [0.2, 0.25) is 5.02 Å². The molecule has 1 aromatic heterocycles. The number of halogens is 1. The van der Waals surface area contributed by atoms with Gasteiger partial charge in [-0.05, 0) is 43.5 Å². The van der Waals surface area contributed by atoms with E-state index in [0.29, 0.717) is 6.04 Å². The largest absolute Gasteiger partial charge is 0.370 e. The van der Waals surface area contributed by atoms with Gasteiger partial charge in [-0.2, -0.15) is 5.10 Å². The standard InChI is InChI=1S/C20H24ClN5O/c21-17-4-1-2-5-18(17)26-11-7-15(14-26)20(27)25-12-8-16(9-13-25)23-19-6-3-10-22-24-19/h1-6,10,15-16H,7-9,11-14H2,(H,23,24). The van der Waals surface area contributed by atoms with Crippen LogP contribution in [0, 0.1) is 5.92 Å². The highest BCUT2D eigenvalue weighted by atomic mass is 35.5. The minimum absolute atomic E-state index is 0.0609. The Morgan fingerprint density at radius 1 is 1.07 bits per heavy atom. The van der Waals surface area contributed by atoms with E-state index in [2.05, 4.69) is 20.4 Å². The molecule has 142 valence electrons. The number of piperidine rings is 1. The van der Waals surface area contributed by atoms with Crippen molar-refractivity contribution in [2.24, 2.45) is 5.92 Å². The first-order valence-corrected chi connectivity index (χ1v) is 9.91. The van der Waals surface area contributed by atoms with E-state index in [4.69, 9.17) is 11.6 Å². The fourth-order valence-corrected chi connectivity index (χ4v) is 4.23. The van der Waals surface area contributed by atoms with Crippen LogP contribution in [0.25, 0.3) is 0 Å². The van der Waals surface area contributed by atoms with Gasteiger partial charge in [-0.15, -0.1) is 5.10 Å². The summed E-state index contributed by atoms with van der Waals surface area (Å²) in [7, 11) is 0. The van der Waals surface area contributed by atoms with Crippen LogP contribution >= 0.6 is 11.6 Å². The van der Waals surface area contributed by atoms with Gasteiger partial charge in [0.1, 0.15) is 5.82 Å². The fourth-order valence-electron chi connectivity index (χ4n) is 3.98. The Bertz CT molecular complexity index is 779. The molecule has 6 nitrogen and oxygen atoms in total. The van der Waals surface area contributed by atoms with E-state index in [1.165, 1.54) is 0 Å². The second kappa shape index (κ2) is 8.13. The Kier molecular flexibility index (Phi) is 5.43. The maximum Gasteiger partial charge on any atom is 0.227 e. The Labute approximate surface area is 164 Å². The molecule has 1 amide bonds. The average molecular weight is 386 g/mol. The number of nitrogens with zero attached hydrogens (tertiary/aromatic N) is 4. The van der Waals surface area contributed by atoms with Crippen molar-refractivity contribution >= 4 is 29.0 Å². The summed E-state index contributed by atoms with van der Waals surface area (Å²) in [5.74, 6) is 1.14. The molecular weight excluding hydrogens is 362 g/mol. The predicted octanol–water partition coefficient (Wildman–Crippen LogP) is 3.06. The van der Waals surface area contributed by atoms with Gasteiger partial charge < -0.3 is 15.1 Å². The summed E-state index contributed by atoms with van der Waals surface area (Å²) in [6, 6.07) is 12.0. The summed E-state index contributed by atoms with van der Waals surface area (Å²) in [6.45, 7) is 3.21. The Hall–Kier alpha value is -2.34. The average Bonchev–Trinajstić information content (AvgIpc) is 3.19. The minimum atomic E-state index is 0.0609. The lowest BCUT2D eigenvalue weighted by Crippen LogP contribution is -2.45. The highest BCUT2D eigenvalue weighted by Crippen LogP contribution is 2.31. The minimum Gasteiger partial charge on any atom is -0.370 e. The molecule has 2 aliphatic rings. The van der Waals surface area contributed by atoms with Crippen LogP contribution in [0.15, 0.2) is 42.6 Å². The van der Waals surface area contributed by atoms with Crippen LogP contribution in [0.4, 0.5) is 11.5 Å². The maximum absolute atomic E-state index is 13.0. The van der Waals surface area contributed by atoms with Gasteiger partial charge >= 0.3 is 0 Å². The van der Waals surface area contributed by atoms with Gasteiger partial charge in [0, 0.05) is 38.4 Å². The van der Waals surface area contributed by atoms with Crippen LogP contribution in [-0.4, -0.2) is 53.2 Å². The van der Waals surface area contributed by atoms with Gasteiger partial charge in [-0.25, -0.2) is 0 Å². The number of aromatic nitrogens is 2. The molecule has 2 aromatic rings. The van der Waals surface area contributed by atoms with Gasteiger partial charge in [0.25, 0.3) is 0 Å². The zero-order chi connectivity index (χ0) is 18.6. The van der Waals surface area contributed by atoms with E-state index < -0.39 is 0 Å². The van der Waals surface area contributed by atoms with Crippen molar-refractivity contribution in [3.8, 4) is 0 Å². The van der Waals surface area contributed by atoms with Crippen LogP contribution in [0.3, 0.4) is 0 Å². The summed E-state index contributed by atoms with van der Waals surface area (Å²) >= 11 is 6.31. The van der Waals surface area contributed by atoms with Crippen LogP contribution in [0.5, 0.6) is 0 Å². The number of carbonyl (C=O) groups excluding carboxylic acids is 1. The zero-order valence-corrected chi connectivity index (χ0v) is 16.0. The third-order valence-electron chi connectivity index (χ3n) is 5.46. The van der Waals surface area contributed by atoms with Gasteiger partial charge in [0.15, 0.2) is 0 Å². The number of amides is 1. The first-order valence-electron chi connectivity index (χ1n) is 9.53. The van der Waals surface area contributed by atoms with Crippen molar-refractivity contribution in [2.45, 2.75) is 25.3 Å². The van der Waals surface area contributed by atoms with E-state index in [1.54, 1.807) is 6.20 Å². The highest BCUT2D eigenvalue weighted by molar-refractivity contribution is 6.33. The van der Waals surface area contributed by atoms with Crippen molar-refractivity contribution in [1.29, 1.82) is 0 Å². The summed E-state index contributed by atoms with van der Waals surface area (Å²) in [4.78, 5) is 17.2. The smallest absolute Gasteiger partial charge is 0.227 e. The topological polar surface area (TPSA) is 61.4 Å².